The van der Waals surface area contributed by atoms with Gasteiger partial charge in [-0.15, -0.1) is 0 Å². The highest BCUT2D eigenvalue weighted by atomic mass is 35.5. The molecule has 0 aliphatic carbocycles. The maximum Gasteiger partial charge on any atom is 0.124 e. The van der Waals surface area contributed by atoms with Crippen molar-refractivity contribution in [3.8, 4) is 5.75 Å². The summed E-state index contributed by atoms with van der Waals surface area (Å²) in [5.41, 5.74) is 1.15. The number of halogens is 1. The smallest absolute Gasteiger partial charge is 0.124 e. The molecule has 1 aromatic rings. The highest BCUT2D eigenvalue weighted by Gasteiger charge is 2.14. The van der Waals surface area contributed by atoms with E-state index in [2.05, 4.69) is 12.2 Å². The van der Waals surface area contributed by atoms with E-state index < -0.39 is 0 Å². The Morgan fingerprint density at radius 1 is 1.31 bits per heavy atom. The van der Waals surface area contributed by atoms with E-state index >= 15 is 0 Å². The van der Waals surface area contributed by atoms with Crippen LogP contribution in [0.2, 0.25) is 5.02 Å². The Bertz CT molecular complexity index is 346. The predicted octanol–water partition coefficient (Wildman–Crippen LogP) is 3.17. The van der Waals surface area contributed by atoms with Crippen molar-refractivity contribution in [1.82, 2.24) is 5.32 Å². The van der Waals surface area contributed by atoms with Crippen LogP contribution in [0.4, 0.5) is 0 Å². The fourth-order valence-electron chi connectivity index (χ4n) is 1.99. The first-order valence-electron chi connectivity index (χ1n) is 5.89. The number of rotatable bonds is 2. The van der Waals surface area contributed by atoms with E-state index in [1.807, 2.05) is 18.2 Å². The second-order valence-corrected chi connectivity index (χ2v) is 4.77. The van der Waals surface area contributed by atoms with Crippen LogP contribution in [0.5, 0.6) is 5.75 Å². The summed E-state index contributed by atoms with van der Waals surface area (Å²) in [5, 5.41) is 4.13. The first kappa shape index (κ1) is 11.7. The van der Waals surface area contributed by atoms with E-state index in [4.69, 9.17) is 16.3 Å². The van der Waals surface area contributed by atoms with E-state index in [1.54, 1.807) is 0 Å². The van der Waals surface area contributed by atoms with Crippen molar-refractivity contribution in [2.45, 2.75) is 32.3 Å². The molecule has 1 unspecified atom stereocenters. The Morgan fingerprint density at radius 3 is 3.06 bits per heavy atom. The van der Waals surface area contributed by atoms with Crippen LogP contribution in [0.15, 0.2) is 18.2 Å². The van der Waals surface area contributed by atoms with Crippen LogP contribution in [0, 0.1) is 6.92 Å². The van der Waals surface area contributed by atoms with Gasteiger partial charge in [-0.25, -0.2) is 0 Å². The monoisotopic (exact) mass is 239 g/mol. The molecule has 0 aromatic heterocycles. The first-order chi connectivity index (χ1) is 7.75. The van der Waals surface area contributed by atoms with Gasteiger partial charge in [0.15, 0.2) is 0 Å². The van der Waals surface area contributed by atoms with Gasteiger partial charge < -0.3 is 10.1 Å². The SMILES string of the molecule is Cc1ccc(Cl)cc1OC1CCCNCC1. The molecule has 3 heteroatoms. The quantitative estimate of drug-likeness (QED) is 0.856. The molecule has 16 heavy (non-hydrogen) atoms. The fraction of sp³-hybridized carbons (Fsp3) is 0.538. The number of benzene rings is 1. The van der Waals surface area contributed by atoms with Gasteiger partial charge in [-0.05, 0) is 57.0 Å². The van der Waals surface area contributed by atoms with Crippen molar-refractivity contribution in [2.75, 3.05) is 13.1 Å². The molecule has 1 aliphatic heterocycles. The highest BCUT2D eigenvalue weighted by molar-refractivity contribution is 6.30. The van der Waals surface area contributed by atoms with Gasteiger partial charge >= 0.3 is 0 Å². The number of nitrogens with one attached hydrogen (secondary N) is 1. The Balaban J connectivity index is 2.04. The molecule has 0 amide bonds. The molecule has 1 aliphatic rings. The molecule has 1 atom stereocenters. The van der Waals surface area contributed by atoms with Gasteiger partial charge in [-0.3, -0.25) is 0 Å². The third kappa shape index (κ3) is 3.13. The van der Waals surface area contributed by atoms with Crippen LogP contribution in [0.25, 0.3) is 0 Å². The van der Waals surface area contributed by atoms with Gasteiger partial charge in [-0.1, -0.05) is 17.7 Å². The molecule has 1 N–H and O–H groups in total. The average molecular weight is 240 g/mol. The van der Waals surface area contributed by atoms with Crippen LogP contribution in [-0.4, -0.2) is 19.2 Å². The van der Waals surface area contributed by atoms with Crippen molar-refractivity contribution in [3.63, 3.8) is 0 Å². The molecule has 1 heterocycles. The third-order valence-electron chi connectivity index (χ3n) is 2.97. The van der Waals surface area contributed by atoms with Gasteiger partial charge in [-0.2, -0.15) is 0 Å². The average Bonchev–Trinajstić information content (AvgIpc) is 2.52. The third-order valence-corrected chi connectivity index (χ3v) is 3.20. The molecule has 2 rings (SSSR count). The lowest BCUT2D eigenvalue weighted by molar-refractivity contribution is 0.186. The summed E-state index contributed by atoms with van der Waals surface area (Å²) in [6.45, 7) is 4.21. The first-order valence-corrected chi connectivity index (χ1v) is 6.27. The summed E-state index contributed by atoms with van der Waals surface area (Å²) in [7, 11) is 0. The Labute approximate surface area is 102 Å². The normalized spacial score (nSPS) is 21.5. The second kappa shape index (κ2) is 5.55. The summed E-state index contributed by atoms with van der Waals surface area (Å²) in [5.74, 6) is 0.930. The van der Waals surface area contributed by atoms with Crippen LogP contribution in [0.3, 0.4) is 0 Å². The molecule has 0 radical (unpaired) electrons. The molecular weight excluding hydrogens is 222 g/mol. The summed E-state index contributed by atoms with van der Waals surface area (Å²) in [6, 6.07) is 5.82. The summed E-state index contributed by atoms with van der Waals surface area (Å²) >= 11 is 5.97. The maximum atomic E-state index is 6.02. The van der Waals surface area contributed by atoms with Gasteiger partial charge in [0.05, 0.1) is 6.10 Å². The van der Waals surface area contributed by atoms with Crippen molar-refractivity contribution in [1.29, 1.82) is 0 Å². The summed E-state index contributed by atoms with van der Waals surface area (Å²) in [6.07, 6.45) is 3.71. The van der Waals surface area contributed by atoms with Crippen LogP contribution in [0.1, 0.15) is 24.8 Å². The molecular formula is C13H18ClNO. The minimum atomic E-state index is 0.326. The van der Waals surface area contributed by atoms with Gasteiger partial charge in [0.25, 0.3) is 0 Å². The summed E-state index contributed by atoms with van der Waals surface area (Å²) < 4.78 is 6.02. The molecule has 1 saturated heterocycles. The topological polar surface area (TPSA) is 21.3 Å². The Morgan fingerprint density at radius 2 is 2.19 bits per heavy atom. The predicted molar refractivity (Wildman–Crippen MR) is 67.3 cm³/mol. The highest BCUT2D eigenvalue weighted by Crippen LogP contribution is 2.25. The number of ether oxygens (including phenoxy) is 1. The van der Waals surface area contributed by atoms with Gasteiger partial charge in [0.2, 0.25) is 0 Å². The Kier molecular flexibility index (Phi) is 4.08. The maximum absolute atomic E-state index is 6.02. The number of hydrogen-bond acceptors (Lipinski definition) is 2. The van der Waals surface area contributed by atoms with Crippen molar-refractivity contribution >= 4 is 11.6 Å². The second-order valence-electron chi connectivity index (χ2n) is 4.33. The molecule has 88 valence electrons. The standard InChI is InChI=1S/C13H18ClNO/c1-10-4-5-11(14)9-13(10)16-12-3-2-7-15-8-6-12/h4-5,9,12,15H,2-3,6-8H2,1H3. The van der Waals surface area contributed by atoms with Crippen molar-refractivity contribution in [3.05, 3.63) is 28.8 Å². The molecule has 2 nitrogen and oxygen atoms in total. The molecule has 0 bridgehead atoms. The van der Waals surface area contributed by atoms with Gasteiger partial charge in [0.1, 0.15) is 5.75 Å². The lowest BCUT2D eigenvalue weighted by Gasteiger charge is -2.18. The number of aryl methyl sites for hydroxylation is 1. The number of hydrogen-bond donors (Lipinski definition) is 1. The van der Waals surface area contributed by atoms with E-state index in [9.17, 15) is 0 Å². The molecule has 0 saturated carbocycles. The molecule has 0 spiro atoms. The zero-order valence-electron chi connectivity index (χ0n) is 9.63. The minimum Gasteiger partial charge on any atom is -0.490 e. The van der Waals surface area contributed by atoms with Crippen molar-refractivity contribution < 1.29 is 4.74 Å². The molecule has 1 aromatic carbocycles. The molecule has 1 fully saturated rings. The van der Waals surface area contributed by atoms with E-state index in [-0.39, 0.29) is 0 Å². The van der Waals surface area contributed by atoms with E-state index in [0.29, 0.717) is 6.10 Å². The van der Waals surface area contributed by atoms with Crippen LogP contribution in [-0.2, 0) is 0 Å². The zero-order valence-corrected chi connectivity index (χ0v) is 10.4. The minimum absolute atomic E-state index is 0.326. The fourth-order valence-corrected chi connectivity index (χ4v) is 2.15. The van der Waals surface area contributed by atoms with E-state index in [1.165, 1.54) is 6.42 Å². The largest absolute Gasteiger partial charge is 0.490 e. The Hall–Kier alpha value is -0.730. The van der Waals surface area contributed by atoms with Crippen LogP contribution < -0.4 is 10.1 Å². The summed E-state index contributed by atoms with van der Waals surface area (Å²) in [4.78, 5) is 0. The van der Waals surface area contributed by atoms with Gasteiger partial charge in [0, 0.05) is 5.02 Å². The zero-order chi connectivity index (χ0) is 11.4. The lowest BCUT2D eigenvalue weighted by Crippen LogP contribution is -2.19. The lowest BCUT2D eigenvalue weighted by atomic mass is 10.1. The van der Waals surface area contributed by atoms with Crippen LogP contribution >= 0.6 is 11.6 Å². The van der Waals surface area contributed by atoms with Crippen molar-refractivity contribution in [2.24, 2.45) is 0 Å². The van der Waals surface area contributed by atoms with E-state index in [0.717, 1.165) is 42.3 Å².